The molecular formula is C2H6KN10. The smallest absolute Gasteiger partial charge is 0.260 e. The fourth-order valence-corrected chi connectivity index (χ4v) is 0.339. The van der Waals surface area contributed by atoms with Crippen LogP contribution in [0.5, 0.6) is 0 Å². The molecule has 0 saturated carbocycles. The van der Waals surface area contributed by atoms with Crippen LogP contribution < -0.4 is 11.5 Å². The van der Waals surface area contributed by atoms with Crippen molar-refractivity contribution in [3.63, 3.8) is 0 Å². The molecule has 65 valence electrons. The Labute approximate surface area is 115 Å². The van der Waals surface area contributed by atoms with Gasteiger partial charge in [-0.3, -0.25) is 0 Å². The zero-order valence-corrected chi connectivity index (χ0v) is 9.96. The Balaban J connectivity index is 0.000000206. The number of nitrogen functional groups attached to an aromatic ring is 2. The number of nitrogens with zero attached hydrogens (tertiary/aromatic N) is 6. The quantitative estimate of drug-likeness (QED) is 0.338. The number of aromatic nitrogens is 8. The van der Waals surface area contributed by atoms with Gasteiger partial charge in [0, 0.05) is 51.4 Å². The van der Waals surface area contributed by atoms with Gasteiger partial charge in [0.25, 0.3) is 11.9 Å². The average Bonchev–Trinajstić information content (AvgIpc) is 2.63. The largest absolute Gasteiger partial charge is 0.365 e. The Hall–Kier alpha value is -0.624. The fourth-order valence-electron chi connectivity index (χ4n) is 0.339. The van der Waals surface area contributed by atoms with Crippen molar-refractivity contribution in [2.24, 2.45) is 0 Å². The van der Waals surface area contributed by atoms with Gasteiger partial charge in [-0.15, -0.1) is 10.2 Å². The second-order valence-corrected chi connectivity index (χ2v) is 1.54. The van der Waals surface area contributed by atoms with Gasteiger partial charge in [-0.25, -0.2) is 0 Å². The molecule has 2 rings (SSSR count). The molecule has 0 saturated heterocycles. The van der Waals surface area contributed by atoms with E-state index in [0.717, 1.165) is 0 Å². The van der Waals surface area contributed by atoms with Crippen LogP contribution in [0.1, 0.15) is 0 Å². The second kappa shape index (κ2) is 6.85. The molecule has 0 spiro atoms. The summed E-state index contributed by atoms with van der Waals surface area (Å²) in [4.78, 5) is 0. The number of nitrogens with one attached hydrogen (secondary N) is 2. The molecule has 0 aliphatic carbocycles. The molecule has 0 amide bonds. The van der Waals surface area contributed by atoms with Gasteiger partial charge in [0.1, 0.15) is 0 Å². The molecule has 0 atom stereocenters. The van der Waals surface area contributed by atoms with Crippen LogP contribution in [0, 0.1) is 0 Å². The minimum absolute atomic E-state index is 0. The summed E-state index contributed by atoms with van der Waals surface area (Å²) in [6, 6.07) is 0. The SMILES string of the molecule is Nc1nn[nH]n1.Nc1nn[nH]n1.[K]. The van der Waals surface area contributed by atoms with Crippen LogP contribution in [0.3, 0.4) is 0 Å². The molecule has 0 aliphatic rings. The monoisotopic (exact) mass is 209 g/mol. The molecule has 6 N–H and O–H groups in total. The van der Waals surface area contributed by atoms with Crippen LogP contribution in [0.2, 0.25) is 0 Å². The van der Waals surface area contributed by atoms with Crippen molar-refractivity contribution in [3.05, 3.63) is 0 Å². The van der Waals surface area contributed by atoms with E-state index in [2.05, 4.69) is 41.2 Å². The maximum absolute atomic E-state index is 4.96. The Bertz CT molecular complexity index is 252. The van der Waals surface area contributed by atoms with Crippen LogP contribution in [-0.2, 0) is 0 Å². The second-order valence-electron chi connectivity index (χ2n) is 1.54. The van der Waals surface area contributed by atoms with Crippen molar-refractivity contribution in [1.82, 2.24) is 41.2 Å². The zero-order valence-electron chi connectivity index (χ0n) is 6.84. The summed E-state index contributed by atoms with van der Waals surface area (Å²) in [6.45, 7) is 0. The molecule has 0 fully saturated rings. The zero-order chi connectivity index (χ0) is 8.81. The van der Waals surface area contributed by atoms with Gasteiger partial charge in [0.15, 0.2) is 0 Å². The first-order valence-corrected chi connectivity index (χ1v) is 2.77. The summed E-state index contributed by atoms with van der Waals surface area (Å²) in [5.41, 5.74) is 9.92. The normalized spacial score (nSPS) is 8.00. The molecule has 1 radical (unpaired) electrons. The molecule has 11 heteroatoms. The third-order valence-corrected chi connectivity index (χ3v) is 0.723. The predicted molar refractivity (Wildman–Crippen MR) is 42.9 cm³/mol. The van der Waals surface area contributed by atoms with Crippen LogP contribution in [0.15, 0.2) is 0 Å². The topological polar surface area (TPSA) is 161 Å². The number of anilines is 2. The summed E-state index contributed by atoms with van der Waals surface area (Å²) in [7, 11) is 0. The van der Waals surface area contributed by atoms with E-state index < -0.39 is 0 Å². The standard InChI is InChI=1S/2CH3N5.K/c2*2-1-3-5-6-4-1;/h2*(H3,2,3,4,5,6);. The van der Waals surface area contributed by atoms with E-state index in [0.29, 0.717) is 0 Å². The third-order valence-electron chi connectivity index (χ3n) is 0.723. The first-order valence-electron chi connectivity index (χ1n) is 2.77. The number of tetrazole rings is 2. The predicted octanol–water partition coefficient (Wildman–Crippen LogP) is -2.82. The fraction of sp³-hybridized carbons (Fsp3) is 0. The van der Waals surface area contributed by atoms with Crippen molar-refractivity contribution in [2.45, 2.75) is 0 Å². The molecule has 2 aromatic heterocycles. The summed E-state index contributed by atoms with van der Waals surface area (Å²) < 4.78 is 0. The molecule has 13 heavy (non-hydrogen) atoms. The average molecular weight is 209 g/mol. The van der Waals surface area contributed by atoms with Gasteiger partial charge in [-0.05, 0) is 10.4 Å². The van der Waals surface area contributed by atoms with E-state index in [-0.39, 0.29) is 63.3 Å². The van der Waals surface area contributed by atoms with Crippen LogP contribution in [-0.4, -0.2) is 92.6 Å². The van der Waals surface area contributed by atoms with E-state index in [1.54, 1.807) is 0 Å². The Morgan fingerprint density at radius 1 is 0.846 bits per heavy atom. The number of hydrogen-bond donors (Lipinski definition) is 4. The minimum Gasteiger partial charge on any atom is -0.365 e. The van der Waals surface area contributed by atoms with Crippen molar-refractivity contribution in [1.29, 1.82) is 0 Å². The van der Waals surface area contributed by atoms with Gasteiger partial charge in [0.05, 0.1) is 0 Å². The van der Waals surface area contributed by atoms with E-state index in [4.69, 9.17) is 11.5 Å². The van der Waals surface area contributed by atoms with Crippen molar-refractivity contribution >= 4 is 63.3 Å². The number of aromatic amines is 2. The number of hydrogen-bond acceptors (Lipinski definition) is 8. The van der Waals surface area contributed by atoms with Crippen LogP contribution in [0.4, 0.5) is 11.9 Å². The van der Waals surface area contributed by atoms with Crippen molar-refractivity contribution in [3.8, 4) is 0 Å². The van der Waals surface area contributed by atoms with E-state index >= 15 is 0 Å². The first-order chi connectivity index (χ1) is 5.79. The number of H-pyrrole nitrogens is 2. The molecule has 0 aromatic carbocycles. The van der Waals surface area contributed by atoms with Gasteiger partial charge in [0.2, 0.25) is 0 Å². The van der Waals surface area contributed by atoms with Gasteiger partial charge < -0.3 is 11.5 Å². The number of rotatable bonds is 0. The Kier molecular flexibility index (Phi) is 6.52. The number of nitrogens with two attached hydrogens (primary N) is 2. The van der Waals surface area contributed by atoms with E-state index in [9.17, 15) is 0 Å². The first kappa shape index (κ1) is 12.4. The van der Waals surface area contributed by atoms with Crippen LogP contribution >= 0.6 is 0 Å². The summed E-state index contributed by atoms with van der Waals surface area (Å²) in [6.07, 6.45) is 0. The van der Waals surface area contributed by atoms with E-state index in [1.165, 1.54) is 0 Å². The van der Waals surface area contributed by atoms with Gasteiger partial charge in [-0.2, -0.15) is 10.4 Å². The molecule has 10 nitrogen and oxygen atoms in total. The maximum Gasteiger partial charge on any atom is 0.260 e. The molecule has 0 unspecified atom stereocenters. The molecular weight excluding hydrogens is 203 g/mol. The molecule has 0 bridgehead atoms. The molecule has 2 aromatic rings. The maximum atomic E-state index is 4.96. The van der Waals surface area contributed by atoms with Crippen molar-refractivity contribution < 1.29 is 0 Å². The minimum atomic E-state index is 0. The molecule has 0 aliphatic heterocycles. The summed E-state index contributed by atoms with van der Waals surface area (Å²) in [5.74, 6) is 0.352. The molecule has 2 heterocycles. The van der Waals surface area contributed by atoms with Crippen LogP contribution in [0.25, 0.3) is 0 Å². The van der Waals surface area contributed by atoms with Crippen molar-refractivity contribution in [2.75, 3.05) is 11.5 Å². The summed E-state index contributed by atoms with van der Waals surface area (Å²) >= 11 is 0. The summed E-state index contributed by atoms with van der Waals surface area (Å²) in [5, 5.41) is 24.1. The van der Waals surface area contributed by atoms with Gasteiger partial charge in [-0.1, -0.05) is 10.2 Å². The van der Waals surface area contributed by atoms with E-state index in [1.807, 2.05) is 0 Å². The third kappa shape index (κ3) is 5.59. The Morgan fingerprint density at radius 2 is 1.23 bits per heavy atom. The van der Waals surface area contributed by atoms with Gasteiger partial charge >= 0.3 is 0 Å². The Morgan fingerprint density at radius 3 is 1.31 bits per heavy atom.